The Morgan fingerprint density at radius 3 is 2.93 bits per heavy atom. The summed E-state index contributed by atoms with van der Waals surface area (Å²) in [6, 6.07) is -0.284. The Morgan fingerprint density at radius 1 is 1.44 bits per heavy atom. The molecule has 2 aromatic rings. The van der Waals surface area contributed by atoms with E-state index in [9.17, 15) is 9.90 Å². The highest BCUT2D eigenvalue weighted by atomic mass is 16.5. The summed E-state index contributed by atoms with van der Waals surface area (Å²) in [5, 5.41) is 17.5. The average molecular weight is 373 g/mol. The molecule has 1 aliphatic rings. The number of β-amino-alcohol motifs (C(OH)–C–C–N with tert-alkyl or cyclic N) is 1. The van der Waals surface area contributed by atoms with Crippen molar-refractivity contribution in [3.8, 4) is 0 Å². The molecule has 1 amide bonds. The number of aliphatic hydroxyl groups is 1. The molecule has 0 bridgehead atoms. The number of carbonyl (C=O) groups is 1. The summed E-state index contributed by atoms with van der Waals surface area (Å²) < 4.78 is 5.21. The van der Waals surface area contributed by atoms with Crippen LogP contribution < -0.4 is 5.32 Å². The molecule has 3 heterocycles. The number of likely N-dealkylation sites (tertiary alicyclic amines) is 1. The molecule has 0 saturated carbocycles. The van der Waals surface area contributed by atoms with Crippen LogP contribution in [0.2, 0.25) is 0 Å². The predicted octanol–water partition coefficient (Wildman–Crippen LogP) is 1.40. The zero-order chi connectivity index (χ0) is 19.4. The third-order valence-electron chi connectivity index (χ3n) is 5.07. The van der Waals surface area contributed by atoms with E-state index in [4.69, 9.17) is 4.52 Å². The van der Waals surface area contributed by atoms with Crippen LogP contribution in [0, 0.1) is 13.8 Å². The summed E-state index contributed by atoms with van der Waals surface area (Å²) in [7, 11) is 0. The van der Waals surface area contributed by atoms with Crippen LogP contribution in [0.3, 0.4) is 0 Å². The smallest absolute Gasteiger partial charge is 0.255 e. The van der Waals surface area contributed by atoms with Crippen LogP contribution in [0.4, 0.5) is 0 Å². The Labute approximate surface area is 159 Å². The van der Waals surface area contributed by atoms with E-state index in [1.807, 2.05) is 20.8 Å². The van der Waals surface area contributed by atoms with Crippen molar-refractivity contribution in [3.05, 3.63) is 40.8 Å². The fraction of sp³-hybridized carbons (Fsp3) is 0.579. The SMILES string of the molecule is CCCc1ncncc1C(=O)N[C@@H]1CCN(Cc2c(C)noc2C)C[C@H]1O. The summed E-state index contributed by atoms with van der Waals surface area (Å²) >= 11 is 0. The lowest BCUT2D eigenvalue weighted by molar-refractivity contribution is 0.0347. The van der Waals surface area contributed by atoms with E-state index in [1.165, 1.54) is 6.33 Å². The molecule has 1 fully saturated rings. The Balaban J connectivity index is 1.60. The Morgan fingerprint density at radius 2 is 2.26 bits per heavy atom. The van der Waals surface area contributed by atoms with Gasteiger partial charge in [-0.2, -0.15) is 0 Å². The minimum Gasteiger partial charge on any atom is -0.390 e. The van der Waals surface area contributed by atoms with Crippen molar-refractivity contribution in [3.63, 3.8) is 0 Å². The van der Waals surface area contributed by atoms with E-state index in [1.54, 1.807) is 6.20 Å². The third kappa shape index (κ3) is 4.51. The van der Waals surface area contributed by atoms with E-state index in [0.29, 0.717) is 25.1 Å². The molecule has 1 aliphatic heterocycles. The average Bonchev–Trinajstić information content (AvgIpc) is 2.96. The first kappa shape index (κ1) is 19.4. The van der Waals surface area contributed by atoms with Gasteiger partial charge in [-0.05, 0) is 26.7 Å². The van der Waals surface area contributed by atoms with Gasteiger partial charge in [0.05, 0.1) is 29.1 Å². The molecule has 0 unspecified atom stereocenters. The van der Waals surface area contributed by atoms with Gasteiger partial charge in [-0.3, -0.25) is 9.69 Å². The molecule has 0 aliphatic carbocycles. The summed E-state index contributed by atoms with van der Waals surface area (Å²) in [6.07, 6.45) is 4.68. The highest BCUT2D eigenvalue weighted by Crippen LogP contribution is 2.19. The molecular formula is C19H27N5O3. The van der Waals surface area contributed by atoms with Crippen molar-refractivity contribution in [2.75, 3.05) is 13.1 Å². The van der Waals surface area contributed by atoms with Gasteiger partial charge in [0.15, 0.2) is 0 Å². The van der Waals surface area contributed by atoms with Crippen molar-refractivity contribution in [2.45, 2.75) is 58.7 Å². The largest absolute Gasteiger partial charge is 0.390 e. The number of nitrogens with one attached hydrogen (secondary N) is 1. The second-order valence-corrected chi connectivity index (χ2v) is 7.11. The van der Waals surface area contributed by atoms with E-state index in [2.05, 4.69) is 25.3 Å². The van der Waals surface area contributed by atoms with Crippen LogP contribution in [0.25, 0.3) is 0 Å². The quantitative estimate of drug-likeness (QED) is 0.788. The molecule has 8 heteroatoms. The number of aliphatic hydroxyl groups excluding tert-OH is 1. The molecule has 2 atom stereocenters. The first-order valence-corrected chi connectivity index (χ1v) is 9.41. The fourth-order valence-corrected chi connectivity index (χ4v) is 3.49. The van der Waals surface area contributed by atoms with Gasteiger partial charge in [-0.25, -0.2) is 9.97 Å². The van der Waals surface area contributed by atoms with Gasteiger partial charge in [0.1, 0.15) is 12.1 Å². The fourth-order valence-electron chi connectivity index (χ4n) is 3.49. The minimum atomic E-state index is -0.637. The number of nitrogens with zero attached hydrogens (tertiary/aromatic N) is 4. The summed E-state index contributed by atoms with van der Waals surface area (Å²) in [4.78, 5) is 23.0. The first-order chi connectivity index (χ1) is 13.0. The number of amides is 1. The van der Waals surface area contributed by atoms with Crippen LogP contribution >= 0.6 is 0 Å². The second-order valence-electron chi connectivity index (χ2n) is 7.11. The van der Waals surface area contributed by atoms with Gasteiger partial charge in [-0.15, -0.1) is 0 Å². The normalized spacial score (nSPS) is 20.6. The van der Waals surface area contributed by atoms with Crippen LogP contribution in [0.5, 0.6) is 0 Å². The molecule has 1 saturated heterocycles. The summed E-state index contributed by atoms with van der Waals surface area (Å²) in [5.41, 5.74) is 3.18. The molecule has 3 rings (SSSR count). The van der Waals surface area contributed by atoms with Crippen LogP contribution in [-0.4, -0.2) is 56.3 Å². The number of piperidine rings is 1. The van der Waals surface area contributed by atoms with Gasteiger partial charge in [0, 0.05) is 31.4 Å². The van der Waals surface area contributed by atoms with Gasteiger partial charge in [0.25, 0.3) is 5.91 Å². The van der Waals surface area contributed by atoms with Crippen LogP contribution in [0.15, 0.2) is 17.0 Å². The maximum absolute atomic E-state index is 12.6. The molecule has 2 aromatic heterocycles. The molecule has 2 N–H and O–H groups in total. The van der Waals surface area contributed by atoms with Crippen molar-refractivity contribution in [1.82, 2.24) is 25.3 Å². The lowest BCUT2D eigenvalue weighted by Gasteiger charge is -2.36. The number of hydrogen-bond acceptors (Lipinski definition) is 7. The number of aryl methyl sites for hydroxylation is 3. The zero-order valence-corrected chi connectivity index (χ0v) is 16.1. The van der Waals surface area contributed by atoms with Crippen molar-refractivity contribution in [2.24, 2.45) is 0 Å². The molecule has 27 heavy (non-hydrogen) atoms. The summed E-state index contributed by atoms with van der Waals surface area (Å²) in [6.45, 7) is 7.81. The molecule has 0 spiro atoms. The lowest BCUT2D eigenvalue weighted by atomic mass is 10.00. The first-order valence-electron chi connectivity index (χ1n) is 9.41. The number of aromatic nitrogens is 3. The van der Waals surface area contributed by atoms with Gasteiger partial charge < -0.3 is 14.9 Å². The van der Waals surface area contributed by atoms with E-state index in [-0.39, 0.29) is 11.9 Å². The molecule has 0 radical (unpaired) electrons. The molecular weight excluding hydrogens is 346 g/mol. The maximum atomic E-state index is 12.6. The van der Waals surface area contributed by atoms with Crippen LogP contribution in [-0.2, 0) is 13.0 Å². The van der Waals surface area contributed by atoms with Gasteiger partial charge >= 0.3 is 0 Å². The topological polar surface area (TPSA) is 104 Å². The maximum Gasteiger partial charge on any atom is 0.255 e. The van der Waals surface area contributed by atoms with E-state index in [0.717, 1.165) is 42.1 Å². The minimum absolute atomic E-state index is 0.220. The number of rotatable bonds is 6. The second kappa shape index (κ2) is 8.58. The molecule has 146 valence electrons. The third-order valence-corrected chi connectivity index (χ3v) is 5.07. The van der Waals surface area contributed by atoms with Crippen molar-refractivity contribution < 1.29 is 14.4 Å². The zero-order valence-electron chi connectivity index (χ0n) is 16.1. The van der Waals surface area contributed by atoms with Gasteiger partial charge in [0.2, 0.25) is 0 Å². The number of hydrogen-bond donors (Lipinski definition) is 2. The highest BCUT2D eigenvalue weighted by molar-refractivity contribution is 5.95. The highest BCUT2D eigenvalue weighted by Gasteiger charge is 2.30. The van der Waals surface area contributed by atoms with E-state index >= 15 is 0 Å². The predicted molar refractivity (Wildman–Crippen MR) is 99.2 cm³/mol. The number of carbonyl (C=O) groups excluding carboxylic acids is 1. The van der Waals surface area contributed by atoms with E-state index < -0.39 is 6.10 Å². The Bertz CT molecular complexity index is 772. The lowest BCUT2D eigenvalue weighted by Crippen LogP contribution is -2.53. The Kier molecular flexibility index (Phi) is 6.18. The Hall–Kier alpha value is -2.32. The molecule has 8 nitrogen and oxygen atoms in total. The summed E-state index contributed by atoms with van der Waals surface area (Å²) in [5.74, 6) is 0.590. The van der Waals surface area contributed by atoms with Crippen LogP contribution in [0.1, 0.15) is 52.8 Å². The monoisotopic (exact) mass is 373 g/mol. The van der Waals surface area contributed by atoms with Crippen molar-refractivity contribution >= 4 is 5.91 Å². The van der Waals surface area contributed by atoms with Crippen molar-refractivity contribution in [1.29, 1.82) is 0 Å². The molecule has 0 aromatic carbocycles. The van der Waals surface area contributed by atoms with Gasteiger partial charge in [-0.1, -0.05) is 18.5 Å². The standard InChI is InChI=1S/C19H27N5O3/c1-4-5-16-14(8-20-11-21-16)19(26)22-17-6-7-24(10-18(17)25)9-15-12(2)23-27-13(15)3/h8,11,17-18,25H,4-7,9-10H2,1-3H3,(H,22,26)/t17-,18-/m1/s1.